The monoisotopic (exact) mass is 178 g/mol. The summed E-state index contributed by atoms with van der Waals surface area (Å²) in [5, 5.41) is 0. The van der Waals surface area contributed by atoms with Crippen LogP contribution in [0.2, 0.25) is 0 Å². The lowest BCUT2D eigenvalue weighted by atomic mass is 10.0. The van der Waals surface area contributed by atoms with Crippen molar-refractivity contribution in [2.75, 3.05) is 13.1 Å². The van der Waals surface area contributed by atoms with Gasteiger partial charge in [-0.1, -0.05) is 6.92 Å². The second-order valence-electron chi connectivity index (χ2n) is 3.95. The molecule has 0 amide bonds. The maximum Gasteiger partial charge on any atom is 0.105 e. The Bertz CT molecular complexity index is 263. The molecule has 0 spiro atoms. The molecule has 0 unspecified atom stereocenters. The van der Waals surface area contributed by atoms with E-state index in [2.05, 4.69) is 23.7 Å². The molecule has 13 heavy (non-hydrogen) atoms. The Hall–Kier alpha value is -0.790. The van der Waals surface area contributed by atoms with Crippen molar-refractivity contribution in [1.82, 2.24) is 4.90 Å². The van der Waals surface area contributed by atoms with E-state index in [0.29, 0.717) is 0 Å². The highest BCUT2D eigenvalue weighted by atomic mass is 15.2. The van der Waals surface area contributed by atoms with Gasteiger partial charge in [-0.05, 0) is 31.8 Å². The zero-order valence-corrected chi connectivity index (χ0v) is 8.64. The Kier molecular flexibility index (Phi) is 2.38. The first-order chi connectivity index (χ1) is 6.31. The minimum absolute atomic E-state index is 1.14. The van der Waals surface area contributed by atoms with Gasteiger partial charge in [-0.15, -0.1) is 0 Å². The largest absolute Gasteiger partial charge is 0.356 e. The van der Waals surface area contributed by atoms with E-state index in [4.69, 9.17) is 0 Å². The van der Waals surface area contributed by atoms with Gasteiger partial charge in [-0.2, -0.15) is 0 Å². The van der Waals surface area contributed by atoms with Crippen LogP contribution in [0.15, 0.2) is 16.3 Å². The predicted molar refractivity (Wildman–Crippen MR) is 55.9 cm³/mol. The third kappa shape index (κ3) is 1.62. The van der Waals surface area contributed by atoms with E-state index >= 15 is 0 Å². The lowest BCUT2D eigenvalue weighted by Gasteiger charge is -2.34. The van der Waals surface area contributed by atoms with Crippen molar-refractivity contribution in [2.45, 2.75) is 39.5 Å². The number of piperidine rings is 1. The Morgan fingerprint density at radius 2 is 2.23 bits per heavy atom. The molecule has 2 heteroatoms. The third-order valence-electron chi connectivity index (χ3n) is 3.06. The average Bonchev–Trinajstić information content (AvgIpc) is 2.17. The van der Waals surface area contributed by atoms with Crippen LogP contribution >= 0.6 is 0 Å². The number of fused-ring (bicyclic) bond motifs is 1. The van der Waals surface area contributed by atoms with Gasteiger partial charge in [-0.3, -0.25) is 0 Å². The summed E-state index contributed by atoms with van der Waals surface area (Å²) in [4.78, 5) is 7.13. The van der Waals surface area contributed by atoms with Gasteiger partial charge >= 0.3 is 0 Å². The second kappa shape index (κ2) is 3.52. The number of nitrogens with zero attached hydrogens (tertiary/aromatic N) is 2. The molecule has 1 saturated heterocycles. The van der Waals surface area contributed by atoms with Gasteiger partial charge in [0.2, 0.25) is 0 Å². The van der Waals surface area contributed by atoms with E-state index in [1.54, 1.807) is 0 Å². The fourth-order valence-electron chi connectivity index (χ4n) is 2.15. The fourth-order valence-corrected chi connectivity index (χ4v) is 2.15. The zero-order valence-electron chi connectivity index (χ0n) is 8.64. The second-order valence-corrected chi connectivity index (χ2v) is 3.95. The van der Waals surface area contributed by atoms with Crippen LogP contribution in [-0.4, -0.2) is 23.8 Å². The minimum Gasteiger partial charge on any atom is -0.356 e. The van der Waals surface area contributed by atoms with Crippen molar-refractivity contribution in [2.24, 2.45) is 4.99 Å². The number of hydrogen-bond donors (Lipinski definition) is 0. The molecule has 0 bridgehead atoms. The Labute approximate surface area is 80.3 Å². The van der Waals surface area contributed by atoms with E-state index in [1.807, 2.05) is 0 Å². The van der Waals surface area contributed by atoms with Crippen LogP contribution in [-0.2, 0) is 0 Å². The van der Waals surface area contributed by atoms with Gasteiger partial charge in [0.25, 0.3) is 0 Å². The average molecular weight is 178 g/mol. The van der Waals surface area contributed by atoms with Crippen LogP contribution < -0.4 is 0 Å². The first-order valence-electron chi connectivity index (χ1n) is 5.32. The van der Waals surface area contributed by atoms with Gasteiger partial charge in [-0.25, -0.2) is 4.99 Å². The van der Waals surface area contributed by atoms with Gasteiger partial charge in [0.1, 0.15) is 5.84 Å². The van der Waals surface area contributed by atoms with E-state index in [9.17, 15) is 0 Å². The van der Waals surface area contributed by atoms with E-state index < -0.39 is 0 Å². The number of rotatable bonds is 1. The topological polar surface area (TPSA) is 15.6 Å². The summed E-state index contributed by atoms with van der Waals surface area (Å²) < 4.78 is 0. The standard InChI is InChI=1S/C11H18N2/c1-3-10-8-13-7-5-4-6-11(13)12-9(10)2/h3-8H2,1-2H3. The summed E-state index contributed by atoms with van der Waals surface area (Å²) in [5.74, 6) is 1.33. The van der Waals surface area contributed by atoms with Crippen LogP contribution in [0, 0.1) is 0 Å². The van der Waals surface area contributed by atoms with Crippen LogP contribution in [0.5, 0.6) is 0 Å². The summed E-state index contributed by atoms with van der Waals surface area (Å²) in [6, 6.07) is 0. The molecule has 0 atom stereocenters. The van der Waals surface area contributed by atoms with Gasteiger partial charge in [0, 0.05) is 25.2 Å². The molecular formula is C11H18N2. The summed E-state index contributed by atoms with van der Waals surface area (Å²) in [5.41, 5.74) is 2.79. The lowest BCUT2D eigenvalue weighted by molar-refractivity contribution is 0.384. The minimum atomic E-state index is 1.14. The van der Waals surface area contributed by atoms with Gasteiger partial charge in [0.05, 0.1) is 0 Å². The van der Waals surface area contributed by atoms with Crippen molar-refractivity contribution in [3.05, 3.63) is 11.3 Å². The first kappa shape index (κ1) is 8.79. The lowest BCUT2D eigenvalue weighted by Crippen LogP contribution is -2.39. The van der Waals surface area contributed by atoms with Crippen LogP contribution in [0.3, 0.4) is 0 Å². The summed E-state index contributed by atoms with van der Waals surface area (Å²) in [6.45, 7) is 6.73. The molecule has 0 aliphatic carbocycles. The molecule has 2 rings (SSSR count). The Morgan fingerprint density at radius 1 is 1.38 bits per heavy atom. The van der Waals surface area contributed by atoms with Gasteiger partial charge < -0.3 is 4.90 Å². The summed E-state index contributed by atoms with van der Waals surface area (Å²) in [7, 11) is 0. The van der Waals surface area contributed by atoms with Crippen LogP contribution in [0.25, 0.3) is 0 Å². The SMILES string of the molecule is CCC1=C(C)N=C2CCCCN2C1. The predicted octanol–water partition coefficient (Wildman–Crippen LogP) is 2.57. The van der Waals surface area contributed by atoms with E-state index in [-0.39, 0.29) is 0 Å². The van der Waals surface area contributed by atoms with Crippen molar-refractivity contribution < 1.29 is 0 Å². The zero-order chi connectivity index (χ0) is 9.26. The molecule has 2 aliphatic rings. The van der Waals surface area contributed by atoms with Crippen molar-refractivity contribution >= 4 is 5.84 Å². The quantitative estimate of drug-likeness (QED) is 0.602. The molecule has 2 heterocycles. The molecule has 1 fully saturated rings. The Morgan fingerprint density at radius 3 is 3.00 bits per heavy atom. The summed E-state index contributed by atoms with van der Waals surface area (Å²) >= 11 is 0. The molecule has 72 valence electrons. The van der Waals surface area contributed by atoms with Crippen molar-refractivity contribution in [3.8, 4) is 0 Å². The third-order valence-corrected chi connectivity index (χ3v) is 3.06. The summed E-state index contributed by atoms with van der Waals surface area (Å²) in [6.07, 6.45) is 5.01. The molecule has 0 radical (unpaired) electrons. The number of allylic oxidation sites excluding steroid dienone is 1. The highest BCUT2D eigenvalue weighted by molar-refractivity contribution is 5.85. The molecule has 0 N–H and O–H groups in total. The molecule has 0 aromatic heterocycles. The smallest absolute Gasteiger partial charge is 0.105 e. The number of amidine groups is 1. The molecule has 2 nitrogen and oxygen atoms in total. The maximum absolute atomic E-state index is 4.68. The first-order valence-corrected chi connectivity index (χ1v) is 5.32. The van der Waals surface area contributed by atoms with Crippen molar-refractivity contribution in [3.63, 3.8) is 0 Å². The normalized spacial score (nSPS) is 22.9. The van der Waals surface area contributed by atoms with Crippen molar-refractivity contribution in [1.29, 1.82) is 0 Å². The van der Waals surface area contributed by atoms with Gasteiger partial charge in [0.15, 0.2) is 0 Å². The van der Waals surface area contributed by atoms with Crippen LogP contribution in [0.1, 0.15) is 39.5 Å². The van der Waals surface area contributed by atoms with Crippen LogP contribution in [0.4, 0.5) is 0 Å². The van der Waals surface area contributed by atoms with E-state index in [0.717, 1.165) is 13.0 Å². The Balaban J connectivity index is 2.21. The highest BCUT2D eigenvalue weighted by Crippen LogP contribution is 2.23. The number of hydrogen-bond acceptors (Lipinski definition) is 2. The maximum atomic E-state index is 4.68. The molecule has 0 saturated carbocycles. The fraction of sp³-hybridized carbons (Fsp3) is 0.727. The molecule has 0 aromatic rings. The highest BCUT2D eigenvalue weighted by Gasteiger charge is 2.21. The molecule has 2 aliphatic heterocycles. The van der Waals surface area contributed by atoms with E-state index in [1.165, 1.54) is 42.9 Å². The molecular weight excluding hydrogens is 160 g/mol. The molecule has 0 aromatic carbocycles. The number of aliphatic imine (C=N–C) groups is 1.